The predicted octanol–water partition coefficient (Wildman–Crippen LogP) is 1.88. The molecule has 20 heavy (non-hydrogen) atoms. The number of nitrogens with two attached hydrogens (primary N) is 1. The highest BCUT2D eigenvalue weighted by Crippen LogP contribution is 2.24. The van der Waals surface area contributed by atoms with Crippen LogP contribution in [0.5, 0.6) is 0 Å². The van der Waals surface area contributed by atoms with E-state index in [1.54, 1.807) is 6.20 Å². The summed E-state index contributed by atoms with van der Waals surface area (Å²) in [5, 5.41) is 7.04. The quantitative estimate of drug-likeness (QED) is 0.657. The van der Waals surface area contributed by atoms with Crippen LogP contribution in [0.3, 0.4) is 0 Å². The van der Waals surface area contributed by atoms with Crippen molar-refractivity contribution in [1.29, 1.82) is 0 Å². The number of rotatable bonds is 3. The molecular formula is C14H17N5O. The van der Waals surface area contributed by atoms with Gasteiger partial charge in [0.25, 0.3) is 0 Å². The van der Waals surface area contributed by atoms with Crippen molar-refractivity contribution in [3.05, 3.63) is 41.4 Å². The van der Waals surface area contributed by atoms with Gasteiger partial charge in [0.2, 0.25) is 0 Å². The molecule has 2 heterocycles. The highest BCUT2D eigenvalue weighted by atomic mass is 16.5. The molecule has 104 valence electrons. The van der Waals surface area contributed by atoms with E-state index in [0.29, 0.717) is 18.3 Å². The van der Waals surface area contributed by atoms with E-state index in [4.69, 9.17) is 10.3 Å². The molecule has 0 atom stereocenters. The maximum atomic E-state index is 5.84. The molecular weight excluding hydrogens is 254 g/mol. The van der Waals surface area contributed by atoms with Crippen LogP contribution in [0.1, 0.15) is 29.9 Å². The number of hydrogen-bond donors (Lipinski definition) is 2. The number of anilines is 1. The minimum absolute atomic E-state index is 0.330. The van der Waals surface area contributed by atoms with Gasteiger partial charge < -0.3 is 15.6 Å². The SMILES string of the molecule is NC(=NCc1noc2c1CCCC2)Nc1ccccn1. The Bertz CT molecular complexity index is 605. The zero-order chi connectivity index (χ0) is 13.8. The first-order valence-electron chi connectivity index (χ1n) is 6.77. The highest BCUT2D eigenvalue weighted by molar-refractivity contribution is 5.91. The maximum absolute atomic E-state index is 5.84. The van der Waals surface area contributed by atoms with Gasteiger partial charge in [-0.2, -0.15) is 0 Å². The van der Waals surface area contributed by atoms with Gasteiger partial charge in [0.15, 0.2) is 5.96 Å². The zero-order valence-corrected chi connectivity index (χ0v) is 11.2. The van der Waals surface area contributed by atoms with Gasteiger partial charge in [-0.3, -0.25) is 0 Å². The number of fused-ring (bicyclic) bond motifs is 1. The molecule has 0 unspecified atom stereocenters. The molecule has 0 spiro atoms. The van der Waals surface area contributed by atoms with Gasteiger partial charge in [0.1, 0.15) is 17.3 Å². The van der Waals surface area contributed by atoms with Crippen LogP contribution in [0.2, 0.25) is 0 Å². The van der Waals surface area contributed by atoms with E-state index in [0.717, 1.165) is 24.3 Å². The molecule has 6 nitrogen and oxygen atoms in total. The summed E-state index contributed by atoms with van der Waals surface area (Å²) in [7, 11) is 0. The predicted molar refractivity (Wildman–Crippen MR) is 76.3 cm³/mol. The molecule has 0 bridgehead atoms. The number of aromatic nitrogens is 2. The van der Waals surface area contributed by atoms with Gasteiger partial charge in [-0.15, -0.1) is 0 Å². The van der Waals surface area contributed by atoms with Gasteiger partial charge in [0, 0.05) is 18.2 Å². The summed E-state index contributed by atoms with van der Waals surface area (Å²) in [5.41, 5.74) is 7.95. The number of aliphatic imine (C=N–C) groups is 1. The average Bonchev–Trinajstić information content (AvgIpc) is 2.89. The van der Waals surface area contributed by atoms with E-state index >= 15 is 0 Å². The maximum Gasteiger partial charge on any atom is 0.194 e. The fraction of sp³-hybridized carbons (Fsp3) is 0.357. The third-order valence-corrected chi connectivity index (χ3v) is 3.35. The summed E-state index contributed by atoms with van der Waals surface area (Å²) in [6.45, 7) is 0.435. The molecule has 0 saturated carbocycles. The zero-order valence-electron chi connectivity index (χ0n) is 11.2. The average molecular weight is 271 g/mol. The Morgan fingerprint density at radius 1 is 1.35 bits per heavy atom. The molecule has 1 aliphatic rings. The first-order valence-corrected chi connectivity index (χ1v) is 6.77. The van der Waals surface area contributed by atoms with Gasteiger partial charge in [-0.05, 0) is 31.4 Å². The summed E-state index contributed by atoms with van der Waals surface area (Å²) in [6, 6.07) is 5.57. The van der Waals surface area contributed by atoms with Gasteiger partial charge >= 0.3 is 0 Å². The van der Waals surface area contributed by atoms with Crippen LogP contribution in [0.15, 0.2) is 33.9 Å². The number of pyridine rings is 1. The van der Waals surface area contributed by atoms with E-state index in [1.807, 2.05) is 18.2 Å². The molecule has 0 saturated heterocycles. The molecule has 0 amide bonds. The number of nitrogens with one attached hydrogen (secondary N) is 1. The lowest BCUT2D eigenvalue weighted by molar-refractivity contribution is 0.368. The molecule has 6 heteroatoms. The summed E-state index contributed by atoms with van der Waals surface area (Å²) >= 11 is 0. The van der Waals surface area contributed by atoms with Crippen LogP contribution >= 0.6 is 0 Å². The van der Waals surface area contributed by atoms with Crippen LogP contribution in [0, 0.1) is 0 Å². The molecule has 0 fully saturated rings. The van der Waals surface area contributed by atoms with Crippen LogP contribution in [0.25, 0.3) is 0 Å². The third-order valence-electron chi connectivity index (χ3n) is 3.35. The number of guanidine groups is 1. The first-order chi connectivity index (χ1) is 9.83. The molecule has 2 aromatic rings. The normalized spacial score (nSPS) is 14.9. The Hall–Kier alpha value is -2.37. The Kier molecular flexibility index (Phi) is 3.62. The number of aryl methyl sites for hydroxylation is 1. The standard InChI is InChI=1S/C14H17N5O/c15-14(18-13-7-3-4-8-16-13)17-9-11-10-5-1-2-6-12(10)20-19-11/h3-4,7-8H,1-2,5-6,9H2,(H3,15,16,17,18). The first kappa shape index (κ1) is 12.7. The van der Waals surface area contributed by atoms with Crippen LogP contribution in [-0.2, 0) is 19.4 Å². The van der Waals surface area contributed by atoms with Crippen molar-refractivity contribution in [3.63, 3.8) is 0 Å². The Balaban J connectivity index is 1.66. The van der Waals surface area contributed by atoms with Crippen molar-refractivity contribution < 1.29 is 4.52 Å². The van der Waals surface area contributed by atoms with E-state index in [2.05, 4.69) is 20.4 Å². The monoisotopic (exact) mass is 271 g/mol. The van der Waals surface area contributed by atoms with Gasteiger partial charge in [-0.25, -0.2) is 9.98 Å². The summed E-state index contributed by atoms with van der Waals surface area (Å²) in [5.74, 6) is 2.02. The van der Waals surface area contributed by atoms with E-state index in [9.17, 15) is 0 Å². The van der Waals surface area contributed by atoms with E-state index in [1.165, 1.54) is 18.4 Å². The molecule has 1 aliphatic carbocycles. The van der Waals surface area contributed by atoms with Crippen molar-refractivity contribution >= 4 is 11.8 Å². The van der Waals surface area contributed by atoms with Crippen molar-refractivity contribution in [2.75, 3.05) is 5.32 Å². The lowest BCUT2D eigenvalue weighted by atomic mass is 9.96. The van der Waals surface area contributed by atoms with E-state index in [-0.39, 0.29) is 0 Å². The van der Waals surface area contributed by atoms with Crippen LogP contribution in [-0.4, -0.2) is 16.1 Å². The Labute approximate surface area is 117 Å². The largest absolute Gasteiger partial charge is 0.370 e. The minimum atomic E-state index is 0.330. The summed E-state index contributed by atoms with van der Waals surface area (Å²) in [4.78, 5) is 8.42. The van der Waals surface area contributed by atoms with Crippen LogP contribution in [0.4, 0.5) is 5.82 Å². The van der Waals surface area contributed by atoms with Gasteiger partial charge in [0.05, 0.1) is 6.54 Å². The van der Waals surface area contributed by atoms with Gasteiger partial charge in [-0.1, -0.05) is 11.2 Å². The lowest BCUT2D eigenvalue weighted by Gasteiger charge is -2.08. The van der Waals surface area contributed by atoms with Crippen molar-refractivity contribution in [3.8, 4) is 0 Å². The van der Waals surface area contributed by atoms with Crippen LogP contribution < -0.4 is 11.1 Å². The van der Waals surface area contributed by atoms with Crippen molar-refractivity contribution in [1.82, 2.24) is 10.1 Å². The Morgan fingerprint density at radius 3 is 3.10 bits per heavy atom. The molecule has 2 aromatic heterocycles. The highest BCUT2D eigenvalue weighted by Gasteiger charge is 2.18. The second-order valence-corrected chi connectivity index (χ2v) is 4.78. The molecule has 0 radical (unpaired) electrons. The van der Waals surface area contributed by atoms with E-state index < -0.39 is 0 Å². The second-order valence-electron chi connectivity index (χ2n) is 4.78. The fourth-order valence-electron chi connectivity index (χ4n) is 2.34. The summed E-state index contributed by atoms with van der Waals surface area (Å²) in [6.07, 6.45) is 6.06. The number of hydrogen-bond acceptors (Lipinski definition) is 4. The van der Waals surface area contributed by atoms with Crippen molar-refractivity contribution in [2.45, 2.75) is 32.2 Å². The molecule has 3 N–H and O–H groups in total. The molecule has 0 aromatic carbocycles. The smallest absolute Gasteiger partial charge is 0.194 e. The molecule has 0 aliphatic heterocycles. The third kappa shape index (κ3) is 2.79. The fourth-order valence-corrected chi connectivity index (χ4v) is 2.34. The second kappa shape index (κ2) is 5.73. The minimum Gasteiger partial charge on any atom is -0.370 e. The van der Waals surface area contributed by atoms with Crippen molar-refractivity contribution in [2.24, 2.45) is 10.7 Å². The topological polar surface area (TPSA) is 89.3 Å². The Morgan fingerprint density at radius 2 is 2.25 bits per heavy atom. The summed E-state index contributed by atoms with van der Waals surface area (Å²) < 4.78 is 5.34. The lowest BCUT2D eigenvalue weighted by Crippen LogP contribution is -2.23. The number of nitrogens with zero attached hydrogens (tertiary/aromatic N) is 3. The molecule has 3 rings (SSSR count).